The number of amides is 4. The molecule has 4 amide bonds. The number of aromatic hydroxyl groups is 1. The van der Waals surface area contributed by atoms with Gasteiger partial charge in [0.15, 0.2) is 0 Å². The van der Waals surface area contributed by atoms with Crippen LogP contribution in [-0.2, 0) is 25.7 Å². The highest BCUT2D eigenvalue weighted by Crippen LogP contribution is 2.64. The Hall–Kier alpha value is -3.82. The first-order valence-electron chi connectivity index (χ1n) is 14.2. The minimum Gasteiger partial charge on any atom is -0.507 e. The molecule has 1 aromatic heterocycles. The summed E-state index contributed by atoms with van der Waals surface area (Å²) in [4.78, 5) is 59.5. The summed E-state index contributed by atoms with van der Waals surface area (Å²) in [5.41, 5.74) is 0.741. The van der Waals surface area contributed by atoms with Crippen LogP contribution in [-0.4, -0.2) is 33.6 Å². The molecule has 2 aliphatic carbocycles. The van der Waals surface area contributed by atoms with Crippen LogP contribution in [0.15, 0.2) is 65.6 Å². The van der Waals surface area contributed by atoms with Crippen LogP contribution in [0, 0.1) is 41.8 Å². The summed E-state index contributed by atoms with van der Waals surface area (Å²) in [6.45, 7) is 3.70. The Morgan fingerprint density at radius 1 is 1.05 bits per heavy atom. The molecule has 2 saturated heterocycles. The number of hydrogen-bond acceptors (Lipinski definition) is 6. The van der Waals surface area contributed by atoms with Gasteiger partial charge in [-0.2, -0.15) is 0 Å². The zero-order valence-electron chi connectivity index (χ0n) is 23.4. The molecule has 7 nitrogen and oxygen atoms in total. The molecular weight excluding hydrogens is 591 g/mol. The van der Waals surface area contributed by atoms with Crippen molar-refractivity contribution >= 4 is 52.3 Å². The third kappa shape index (κ3) is 3.90. The predicted molar refractivity (Wildman–Crippen MR) is 159 cm³/mol. The van der Waals surface area contributed by atoms with Gasteiger partial charge in [0, 0.05) is 16.4 Å². The number of phenols is 1. The van der Waals surface area contributed by atoms with Crippen molar-refractivity contribution in [1.82, 2.24) is 4.90 Å². The van der Waals surface area contributed by atoms with Crippen LogP contribution in [0.2, 0.25) is 5.02 Å². The first kappa shape index (κ1) is 28.0. The van der Waals surface area contributed by atoms with Crippen molar-refractivity contribution in [3.05, 3.63) is 92.4 Å². The van der Waals surface area contributed by atoms with E-state index in [-0.39, 0.29) is 41.2 Å². The molecule has 3 heterocycles. The van der Waals surface area contributed by atoms with E-state index in [0.717, 1.165) is 21.4 Å². The Balaban J connectivity index is 1.36. The first-order chi connectivity index (χ1) is 20.5. The Bertz CT molecular complexity index is 1760. The molecule has 3 fully saturated rings. The molecule has 3 aromatic rings. The Morgan fingerprint density at radius 2 is 1.84 bits per heavy atom. The smallest absolute Gasteiger partial charge is 0.241 e. The van der Waals surface area contributed by atoms with Gasteiger partial charge in [-0.25, -0.2) is 9.29 Å². The number of carbonyl (C=O) groups excluding carboxylic acids is 4. The van der Waals surface area contributed by atoms with Crippen LogP contribution in [0.3, 0.4) is 0 Å². The average Bonchev–Trinajstić information content (AvgIpc) is 3.63. The second kappa shape index (κ2) is 9.86. The molecule has 0 radical (unpaired) electrons. The zero-order valence-corrected chi connectivity index (χ0v) is 25.0. The van der Waals surface area contributed by atoms with Crippen molar-refractivity contribution < 1.29 is 28.7 Å². The second-order valence-electron chi connectivity index (χ2n) is 12.1. The topological polar surface area (TPSA) is 95.0 Å². The largest absolute Gasteiger partial charge is 0.507 e. The third-order valence-electron chi connectivity index (χ3n) is 10.0. The Kier molecular flexibility index (Phi) is 6.41. The Labute approximate surface area is 256 Å². The highest BCUT2D eigenvalue weighted by molar-refractivity contribution is 7.09. The summed E-state index contributed by atoms with van der Waals surface area (Å²) in [6, 6.07) is 12.8. The summed E-state index contributed by atoms with van der Waals surface area (Å²) in [5, 5.41) is 13.0. The van der Waals surface area contributed by atoms with Crippen molar-refractivity contribution in [3.8, 4) is 5.75 Å². The summed E-state index contributed by atoms with van der Waals surface area (Å²) in [7, 11) is 0. The molecule has 220 valence electrons. The molecule has 4 aliphatic rings. The predicted octanol–water partition coefficient (Wildman–Crippen LogP) is 5.99. The number of nitrogens with zero attached hydrogens (tertiary/aromatic N) is 2. The van der Waals surface area contributed by atoms with Crippen molar-refractivity contribution in [3.63, 3.8) is 0 Å². The maximum atomic E-state index is 14.4. The molecule has 10 heteroatoms. The van der Waals surface area contributed by atoms with E-state index in [0.29, 0.717) is 17.5 Å². The lowest BCUT2D eigenvalue weighted by atomic mass is 9.51. The van der Waals surface area contributed by atoms with Crippen LogP contribution in [0.5, 0.6) is 5.75 Å². The monoisotopic (exact) mass is 618 g/mol. The van der Waals surface area contributed by atoms with Crippen LogP contribution in [0.25, 0.3) is 0 Å². The molecule has 2 aliphatic heterocycles. The van der Waals surface area contributed by atoms with Crippen molar-refractivity contribution in [1.29, 1.82) is 0 Å². The summed E-state index contributed by atoms with van der Waals surface area (Å²) < 4.78 is 14.0. The van der Waals surface area contributed by atoms with Gasteiger partial charge < -0.3 is 5.11 Å². The van der Waals surface area contributed by atoms with Gasteiger partial charge >= 0.3 is 0 Å². The minimum absolute atomic E-state index is 0.0211. The van der Waals surface area contributed by atoms with Crippen molar-refractivity contribution in [2.24, 2.45) is 29.1 Å². The minimum atomic E-state index is -1.32. The highest BCUT2D eigenvalue weighted by atomic mass is 35.5. The van der Waals surface area contributed by atoms with Gasteiger partial charge in [-0.05, 0) is 67.8 Å². The second-order valence-corrected chi connectivity index (χ2v) is 13.6. The maximum Gasteiger partial charge on any atom is 0.241 e. The van der Waals surface area contributed by atoms with E-state index in [1.54, 1.807) is 32.0 Å². The number of imide groups is 2. The lowest BCUT2D eigenvalue weighted by molar-refractivity contribution is -0.141. The summed E-state index contributed by atoms with van der Waals surface area (Å²) >= 11 is 7.53. The molecule has 1 saturated carbocycles. The van der Waals surface area contributed by atoms with E-state index in [1.165, 1.54) is 28.4 Å². The number of carbonyl (C=O) groups is 4. The van der Waals surface area contributed by atoms with Gasteiger partial charge in [-0.1, -0.05) is 47.5 Å². The van der Waals surface area contributed by atoms with Crippen molar-refractivity contribution in [2.75, 3.05) is 4.90 Å². The van der Waals surface area contributed by atoms with Crippen LogP contribution >= 0.6 is 22.9 Å². The van der Waals surface area contributed by atoms with Gasteiger partial charge in [0.2, 0.25) is 23.6 Å². The number of anilines is 1. The molecule has 43 heavy (non-hydrogen) atoms. The van der Waals surface area contributed by atoms with E-state index in [4.69, 9.17) is 11.6 Å². The van der Waals surface area contributed by atoms with E-state index < -0.39 is 52.6 Å². The number of rotatable bonds is 4. The van der Waals surface area contributed by atoms with E-state index in [2.05, 4.69) is 0 Å². The number of thiophene rings is 1. The summed E-state index contributed by atoms with van der Waals surface area (Å²) in [6.07, 6.45) is 2.47. The van der Waals surface area contributed by atoms with Gasteiger partial charge in [-0.3, -0.25) is 24.1 Å². The van der Waals surface area contributed by atoms with Gasteiger partial charge in [0.25, 0.3) is 0 Å². The molecule has 7 rings (SSSR count). The van der Waals surface area contributed by atoms with Crippen LogP contribution in [0.4, 0.5) is 10.1 Å². The molecule has 0 bridgehead atoms. The lowest BCUT2D eigenvalue weighted by Gasteiger charge is -2.49. The molecule has 2 aromatic carbocycles. The third-order valence-corrected chi connectivity index (χ3v) is 11.2. The van der Waals surface area contributed by atoms with Crippen LogP contribution < -0.4 is 4.90 Å². The van der Waals surface area contributed by atoms with Crippen LogP contribution in [0.1, 0.15) is 41.7 Å². The number of allylic oxidation sites excluding steroid dienone is 2. The van der Waals surface area contributed by atoms with Gasteiger partial charge in [0.05, 0.1) is 40.4 Å². The fourth-order valence-electron chi connectivity index (χ4n) is 7.92. The standard InChI is InChI=1S/C33H28ClFN2O5S/c1-16-5-3-7-21(28(16)38)27-19-9-10-20-26(31(41)36(29(20)39)15-18-6-4-12-43-18)22(19)14-23-30(40)37(32(42)33(23,27)2)17-8-11-25(35)24(34)13-17/h3-9,11-13,20,22-23,26-27,38H,10,14-15H2,1-2H3/t20-,22+,23-,26-,27+,33+/m0/s1. The highest BCUT2D eigenvalue weighted by Gasteiger charge is 2.67. The number of phenolic OH excluding ortho intramolecular Hbond substituents is 1. The number of para-hydroxylation sites is 1. The SMILES string of the molecule is Cc1cccc([C@H]2C3=CC[C@@H]4C(=O)N(Cc5cccs5)C(=O)[C@@H]4[C@@H]3C[C@H]3C(=O)N(c4ccc(F)c(Cl)c4)C(=O)[C@@]23C)c1O. The van der Waals surface area contributed by atoms with Gasteiger partial charge in [-0.15, -0.1) is 11.3 Å². The van der Waals surface area contributed by atoms with Crippen molar-refractivity contribution in [2.45, 2.75) is 39.2 Å². The number of likely N-dealkylation sites (tertiary alicyclic amines) is 1. The van der Waals surface area contributed by atoms with Gasteiger partial charge in [0.1, 0.15) is 11.6 Å². The molecular formula is C33H28ClFN2O5S. The average molecular weight is 619 g/mol. The normalized spacial score (nSPS) is 30.0. The van der Waals surface area contributed by atoms with E-state index in [9.17, 15) is 28.7 Å². The molecule has 0 spiro atoms. The fraction of sp³-hybridized carbons (Fsp3) is 0.333. The molecule has 6 atom stereocenters. The maximum absolute atomic E-state index is 14.4. The number of benzene rings is 2. The summed E-state index contributed by atoms with van der Waals surface area (Å²) in [5.74, 6) is -5.41. The van der Waals surface area contributed by atoms with E-state index in [1.807, 2.05) is 23.6 Å². The number of hydrogen-bond donors (Lipinski definition) is 1. The lowest BCUT2D eigenvalue weighted by Crippen LogP contribution is -2.48. The molecule has 0 unspecified atom stereocenters. The number of halogens is 2. The Morgan fingerprint density at radius 3 is 2.56 bits per heavy atom. The fourth-order valence-corrected chi connectivity index (χ4v) is 8.79. The number of fused-ring (bicyclic) bond motifs is 4. The first-order valence-corrected chi connectivity index (χ1v) is 15.5. The van der Waals surface area contributed by atoms with E-state index >= 15 is 0 Å². The zero-order chi connectivity index (χ0) is 30.4. The quantitative estimate of drug-likeness (QED) is 0.287. The molecule has 1 N–H and O–H groups in total. The number of aryl methyl sites for hydroxylation is 1.